The van der Waals surface area contributed by atoms with Crippen LogP contribution in [0.5, 0.6) is 16.6 Å². The summed E-state index contributed by atoms with van der Waals surface area (Å²) in [6.07, 6.45) is -0.771. The van der Waals surface area contributed by atoms with Gasteiger partial charge in [-0.3, -0.25) is 10.1 Å². The molecule has 1 heterocycles. The molecule has 1 atom stereocenters. The number of nitrogens with zero attached hydrogens (tertiary/aromatic N) is 1. The van der Waals surface area contributed by atoms with Crippen molar-refractivity contribution in [1.82, 2.24) is 0 Å². The zero-order valence-electron chi connectivity index (χ0n) is 10.9. The molecule has 0 radical (unpaired) electrons. The SMILES string of the molecule is COc1ccc(Oc2sc([C@@H](C)O)cc2[N+](=O)[O-])cc1. The van der Waals surface area contributed by atoms with Gasteiger partial charge in [0, 0.05) is 10.9 Å². The molecule has 106 valence electrons. The van der Waals surface area contributed by atoms with Crippen LogP contribution in [-0.2, 0) is 0 Å². The summed E-state index contributed by atoms with van der Waals surface area (Å²) in [7, 11) is 1.55. The molecule has 0 aliphatic carbocycles. The average molecular weight is 295 g/mol. The summed E-state index contributed by atoms with van der Waals surface area (Å²) in [5, 5.41) is 20.6. The Morgan fingerprint density at radius 3 is 2.40 bits per heavy atom. The number of hydrogen-bond acceptors (Lipinski definition) is 6. The maximum atomic E-state index is 11.0. The predicted octanol–water partition coefficient (Wildman–Crippen LogP) is 3.51. The molecule has 1 aromatic carbocycles. The number of benzene rings is 1. The van der Waals surface area contributed by atoms with Crippen molar-refractivity contribution in [2.45, 2.75) is 13.0 Å². The number of hydrogen-bond donors (Lipinski definition) is 1. The fraction of sp³-hybridized carbons (Fsp3) is 0.231. The van der Waals surface area contributed by atoms with Crippen LogP contribution in [-0.4, -0.2) is 17.1 Å². The van der Waals surface area contributed by atoms with Crippen molar-refractivity contribution in [2.75, 3.05) is 7.11 Å². The first-order valence-corrected chi connectivity index (χ1v) is 6.61. The van der Waals surface area contributed by atoms with E-state index >= 15 is 0 Å². The first-order valence-electron chi connectivity index (χ1n) is 5.79. The molecule has 1 aromatic heterocycles. The van der Waals surface area contributed by atoms with E-state index in [-0.39, 0.29) is 10.8 Å². The van der Waals surface area contributed by atoms with E-state index in [0.717, 1.165) is 11.3 Å². The largest absolute Gasteiger partial charge is 0.497 e. The monoisotopic (exact) mass is 295 g/mol. The summed E-state index contributed by atoms with van der Waals surface area (Å²) in [6.45, 7) is 1.55. The minimum absolute atomic E-state index is 0.149. The maximum absolute atomic E-state index is 11.0. The number of ether oxygens (including phenoxy) is 2. The number of rotatable bonds is 5. The van der Waals surface area contributed by atoms with Gasteiger partial charge < -0.3 is 14.6 Å². The van der Waals surface area contributed by atoms with Crippen molar-refractivity contribution in [3.8, 4) is 16.6 Å². The van der Waals surface area contributed by atoms with Gasteiger partial charge in [0.15, 0.2) is 0 Å². The Hall–Kier alpha value is -2.12. The number of methoxy groups -OCH3 is 1. The summed E-state index contributed by atoms with van der Waals surface area (Å²) >= 11 is 1.06. The molecular weight excluding hydrogens is 282 g/mol. The lowest BCUT2D eigenvalue weighted by Crippen LogP contribution is -1.89. The van der Waals surface area contributed by atoms with E-state index in [0.29, 0.717) is 16.4 Å². The van der Waals surface area contributed by atoms with Gasteiger partial charge in [0.25, 0.3) is 5.06 Å². The Morgan fingerprint density at radius 2 is 1.90 bits per heavy atom. The first-order chi connectivity index (χ1) is 9.51. The number of aliphatic hydroxyl groups is 1. The van der Waals surface area contributed by atoms with Crippen molar-refractivity contribution < 1.29 is 19.5 Å². The van der Waals surface area contributed by atoms with E-state index in [2.05, 4.69) is 0 Å². The van der Waals surface area contributed by atoms with Crippen molar-refractivity contribution in [2.24, 2.45) is 0 Å². The van der Waals surface area contributed by atoms with Crippen molar-refractivity contribution in [1.29, 1.82) is 0 Å². The Kier molecular flexibility index (Phi) is 4.21. The summed E-state index contributed by atoms with van der Waals surface area (Å²) in [4.78, 5) is 10.9. The Morgan fingerprint density at radius 1 is 1.30 bits per heavy atom. The van der Waals surface area contributed by atoms with Crippen LogP contribution in [0.4, 0.5) is 5.69 Å². The van der Waals surface area contributed by atoms with Crippen molar-refractivity contribution >= 4 is 17.0 Å². The van der Waals surface area contributed by atoms with E-state index in [1.807, 2.05) is 0 Å². The van der Waals surface area contributed by atoms with Gasteiger partial charge in [-0.25, -0.2) is 0 Å². The molecule has 1 N–H and O–H groups in total. The molecular formula is C13H13NO5S. The van der Waals surface area contributed by atoms with E-state index < -0.39 is 11.0 Å². The first kappa shape index (κ1) is 14.3. The molecule has 0 saturated heterocycles. The normalized spacial score (nSPS) is 11.9. The highest BCUT2D eigenvalue weighted by molar-refractivity contribution is 7.14. The van der Waals surface area contributed by atoms with Gasteiger partial charge in [0.1, 0.15) is 11.5 Å². The molecule has 2 rings (SSSR count). The molecule has 0 saturated carbocycles. The average Bonchev–Trinajstić information content (AvgIpc) is 2.84. The van der Waals surface area contributed by atoms with Crippen LogP contribution in [0.25, 0.3) is 0 Å². The third-order valence-corrected chi connectivity index (χ3v) is 3.75. The van der Waals surface area contributed by atoms with Crippen LogP contribution in [0.1, 0.15) is 17.9 Å². The summed E-state index contributed by atoms with van der Waals surface area (Å²) in [5.41, 5.74) is -0.151. The van der Waals surface area contributed by atoms with Gasteiger partial charge in [-0.15, -0.1) is 0 Å². The Bertz CT molecular complexity index is 606. The quantitative estimate of drug-likeness (QED) is 0.674. The number of aliphatic hydroxyl groups excluding tert-OH is 1. The fourth-order valence-electron chi connectivity index (χ4n) is 1.54. The van der Waals surface area contributed by atoms with Gasteiger partial charge in [0.2, 0.25) is 0 Å². The molecule has 0 aliphatic rings. The van der Waals surface area contributed by atoms with E-state index in [1.54, 1.807) is 38.3 Å². The van der Waals surface area contributed by atoms with E-state index in [1.165, 1.54) is 6.07 Å². The highest BCUT2D eigenvalue weighted by Gasteiger charge is 2.23. The highest BCUT2D eigenvalue weighted by atomic mass is 32.1. The third kappa shape index (κ3) is 3.06. The third-order valence-electron chi connectivity index (χ3n) is 2.58. The molecule has 0 spiro atoms. The topological polar surface area (TPSA) is 81.8 Å². The smallest absolute Gasteiger partial charge is 0.323 e. The van der Waals surface area contributed by atoms with Crippen LogP contribution in [0.2, 0.25) is 0 Å². The van der Waals surface area contributed by atoms with Crippen molar-refractivity contribution in [3.05, 3.63) is 45.3 Å². The molecule has 0 amide bonds. The highest BCUT2D eigenvalue weighted by Crippen LogP contribution is 2.42. The molecule has 0 bridgehead atoms. The lowest BCUT2D eigenvalue weighted by Gasteiger charge is -2.04. The lowest BCUT2D eigenvalue weighted by atomic mass is 10.3. The zero-order chi connectivity index (χ0) is 14.7. The zero-order valence-corrected chi connectivity index (χ0v) is 11.7. The van der Waals surface area contributed by atoms with E-state index in [4.69, 9.17) is 9.47 Å². The van der Waals surface area contributed by atoms with Gasteiger partial charge in [-0.1, -0.05) is 11.3 Å². The van der Waals surface area contributed by atoms with Crippen molar-refractivity contribution in [3.63, 3.8) is 0 Å². The second-order valence-electron chi connectivity index (χ2n) is 4.03. The number of nitro groups is 1. The predicted molar refractivity (Wildman–Crippen MR) is 74.7 cm³/mol. The summed E-state index contributed by atoms with van der Waals surface area (Å²) in [5.74, 6) is 1.13. The second-order valence-corrected chi connectivity index (χ2v) is 5.08. The molecule has 6 nitrogen and oxygen atoms in total. The van der Waals surface area contributed by atoms with Gasteiger partial charge in [0.05, 0.1) is 18.1 Å². The minimum Gasteiger partial charge on any atom is -0.497 e. The standard InChI is InChI=1S/C13H13NO5S/c1-8(15)12-7-11(14(16)17)13(20-12)19-10-5-3-9(18-2)4-6-10/h3-8,15H,1-2H3/t8-/m1/s1. The van der Waals surface area contributed by atoms with Crippen LogP contribution < -0.4 is 9.47 Å². The minimum atomic E-state index is -0.771. The summed E-state index contributed by atoms with van der Waals surface area (Å²) < 4.78 is 10.5. The Labute approximate surface area is 119 Å². The Balaban J connectivity index is 2.29. The second kappa shape index (κ2) is 5.89. The van der Waals surface area contributed by atoms with Crippen LogP contribution >= 0.6 is 11.3 Å². The van der Waals surface area contributed by atoms with E-state index in [9.17, 15) is 15.2 Å². The van der Waals surface area contributed by atoms with Gasteiger partial charge >= 0.3 is 5.69 Å². The molecule has 0 aliphatic heterocycles. The molecule has 20 heavy (non-hydrogen) atoms. The lowest BCUT2D eigenvalue weighted by molar-refractivity contribution is -0.385. The fourth-order valence-corrected chi connectivity index (χ4v) is 2.47. The van der Waals surface area contributed by atoms with Crippen LogP contribution in [0.3, 0.4) is 0 Å². The maximum Gasteiger partial charge on any atom is 0.323 e. The molecule has 0 unspecified atom stereocenters. The van der Waals surface area contributed by atoms with Gasteiger partial charge in [-0.05, 0) is 31.2 Å². The van der Waals surface area contributed by atoms with Crippen LogP contribution in [0.15, 0.2) is 30.3 Å². The molecule has 7 heteroatoms. The van der Waals surface area contributed by atoms with Crippen LogP contribution in [0, 0.1) is 10.1 Å². The molecule has 2 aromatic rings. The number of thiophene rings is 1. The summed E-state index contributed by atoms with van der Waals surface area (Å²) in [6, 6.07) is 8.04. The van der Waals surface area contributed by atoms with Gasteiger partial charge in [-0.2, -0.15) is 0 Å². The molecule has 0 fully saturated rings.